The minimum absolute atomic E-state index is 0.0978. The number of benzene rings is 1. The van der Waals surface area contributed by atoms with Crippen LogP contribution in [0.4, 0.5) is 0 Å². The molecule has 1 aromatic rings. The van der Waals surface area contributed by atoms with E-state index in [1.165, 1.54) is 0 Å². The summed E-state index contributed by atoms with van der Waals surface area (Å²) in [7, 11) is 0. The molecular formula is C14H20O3. The van der Waals surface area contributed by atoms with Crippen molar-refractivity contribution in [3.63, 3.8) is 0 Å². The highest BCUT2D eigenvalue weighted by Gasteiger charge is 2.08. The summed E-state index contributed by atoms with van der Waals surface area (Å²) in [5.41, 5.74) is 0.551. The second-order valence-electron chi connectivity index (χ2n) is 4.68. The number of hydrogen-bond acceptors (Lipinski definition) is 3. The van der Waals surface area contributed by atoms with E-state index in [9.17, 15) is 4.79 Å². The highest BCUT2D eigenvalue weighted by Crippen LogP contribution is 2.14. The molecule has 0 bridgehead atoms. The zero-order chi connectivity index (χ0) is 12.8. The first-order valence-corrected chi connectivity index (χ1v) is 5.93. The molecular weight excluding hydrogens is 216 g/mol. The molecule has 17 heavy (non-hydrogen) atoms. The van der Waals surface area contributed by atoms with Gasteiger partial charge in [0.25, 0.3) is 0 Å². The van der Waals surface area contributed by atoms with Gasteiger partial charge >= 0.3 is 5.97 Å². The van der Waals surface area contributed by atoms with Gasteiger partial charge in [-0.25, -0.2) is 4.79 Å². The summed E-state index contributed by atoms with van der Waals surface area (Å²) in [6.45, 7) is 8.52. The zero-order valence-electron chi connectivity index (χ0n) is 10.9. The predicted octanol–water partition coefficient (Wildman–Crippen LogP) is 3.29. The maximum Gasteiger partial charge on any atom is 0.338 e. The van der Waals surface area contributed by atoms with Crippen LogP contribution in [0.1, 0.15) is 38.1 Å². The van der Waals surface area contributed by atoms with Crippen molar-refractivity contribution in [3.05, 3.63) is 29.8 Å². The predicted molar refractivity (Wildman–Crippen MR) is 67.3 cm³/mol. The summed E-state index contributed by atoms with van der Waals surface area (Å²) >= 11 is 0. The Morgan fingerprint density at radius 2 is 1.71 bits per heavy atom. The molecule has 0 amide bonds. The molecule has 0 spiro atoms. The lowest BCUT2D eigenvalue weighted by Crippen LogP contribution is -2.11. The van der Waals surface area contributed by atoms with Crippen molar-refractivity contribution in [3.8, 4) is 5.75 Å². The molecule has 0 aliphatic heterocycles. The van der Waals surface area contributed by atoms with Crippen LogP contribution in [0.25, 0.3) is 0 Å². The SMILES string of the molecule is CC(C)COc1ccc(C(=O)OC(C)C)cc1. The van der Waals surface area contributed by atoms with E-state index in [1.807, 2.05) is 13.8 Å². The summed E-state index contributed by atoms with van der Waals surface area (Å²) in [6.07, 6.45) is -0.0978. The van der Waals surface area contributed by atoms with Crippen LogP contribution in [0.5, 0.6) is 5.75 Å². The van der Waals surface area contributed by atoms with Crippen molar-refractivity contribution in [2.24, 2.45) is 5.92 Å². The standard InChI is InChI=1S/C14H20O3/c1-10(2)9-16-13-7-5-12(6-8-13)14(15)17-11(3)4/h5-8,10-11H,9H2,1-4H3. The van der Waals surface area contributed by atoms with Crippen LogP contribution in [0.2, 0.25) is 0 Å². The zero-order valence-corrected chi connectivity index (χ0v) is 10.9. The molecule has 0 radical (unpaired) electrons. The molecule has 0 N–H and O–H groups in total. The van der Waals surface area contributed by atoms with Crippen LogP contribution in [-0.2, 0) is 4.74 Å². The second kappa shape index (κ2) is 6.28. The Kier molecular flexibility index (Phi) is 5.01. The van der Waals surface area contributed by atoms with Gasteiger partial charge in [-0.15, -0.1) is 0 Å². The third-order valence-electron chi connectivity index (χ3n) is 2.02. The molecule has 0 aliphatic carbocycles. The van der Waals surface area contributed by atoms with Crippen LogP contribution in [0.15, 0.2) is 24.3 Å². The first-order valence-electron chi connectivity index (χ1n) is 5.93. The molecule has 0 saturated heterocycles. The average molecular weight is 236 g/mol. The van der Waals surface area contributed by atoms with Crippen LogP contribution in [-0.4, -0.2) is 18.7 Å². The molecule has 0 saturated carbocycles. The third-order valence-corrected chi connectivity index (χ3v) is 2.02. The Hall–Kier alpha value is -1.51. The Bertz CT molecular complexity index is 352. The quantitative estimate of drug-likeness (QED) is 0.736. The van der Waals surface area contributed by atoms with E-state index >= 15 is 0 Å². The first kappa shape index (κ1) is 13.6. The Balaban J connectivity index is 2.58. The van der Waals surface area contributed by atoms with Gasteiger partial charge in [-0.1, -0.05) is 13.8 Å². The minimum atomic E-state index is -0.296. The molecule has 94 valence electrons. The summed E-state index contributed by atoms with van der Waals surface area (Å²) in [5.74, 6) is 0.968. The summed E-state index contributed by atoms with van der Waals surface area (Å²) in [4.78, 5) is 11.6. The number of carbonyl (C=O) groups is 1. The number of ether oxygens (including phenoxy) is 2. The van der Waals surface area contributed by atoms with Crippen molar-refractivity contribution < 1.29 is 14.3 Å². The lowest BCUT2D eigenvalue weighted by molar-refractivity contribution is 0.0378. The van der Waals surface area contributed by atoms with Crippen LogP contribution >= 0.6 is 0 Å². The van der Waals surface area contributed by atoms with E-state index in [0.717, 1.165) is 5.75 Å². The lowest BCUT2D eigenvalue weighted by atomic mass is 10.2. The van der Waals surface area contributed by atoms with Gasteiger partial charge in [0.05, 0.1) is 18.3 Å². The van der Waals surface area contributed by atoms with Crippen molar-refractivity contribution in [2.45, 2.75) is 33.8 Å². The fourth-order valence-corrected chi connectivity index (χ4v) is 1.23. The fourth-order valence-electron chi connectivity index (χ4n) is 1.23. The molecule has 0 atom stereocenters. The number of hydrogen-bond donors (Lipinski definition) is 0. The number of esters is 1. The summed E-state index contributed by atoms with van der Waals surface area (Å²) in [5, 5.41) is 0. The Morgan fingerprint density at radius 3 is 2.18 bits per heavy atom. The molecule has 3 nitrogen and oxygen atoms in total. The Labute approximate surface area is 103 Å². The van der Waals surface area contributed by atoms with Crippen LogP contribution < -0.4 is 4.74 Å². The van der Waals surface area contributed by atoms with Crippen LogP contribution in [0, 0.1) is 5.92 Å². The van der Waals surface area contributed by atoms with Crippen molar-refractivity contribution in [1.29, 1.82) is 0 Å². The first-order chi connectivity index (χ1) is 7.99. The minimum Gasteiger partial charge on any atom is -0.493 e. The van der Waals surface area contributed by atoms with Gasteiger partial charge in [0.1, 0.15) is 5.75 Å². The smallest absolute Gasteiger partial charge is 0.338 e. The molecule has 0 heterocycles. The van der Waals surface area contributed by atoms with Crippen molar-refractivity contribution in [2.75, 3.05) is 6.61 Å². The number of rotatable bonds is 5. The van der Waals surface area contributed by atoms with E-state index in [2.05, 4.69) is 13.8 Å². The van der Waals surface area contributed by atoms with Gasteiger partial charge in [0.15, 0.2) is 0 Å². The van der Waals surface area contributed by atoms with Gasteiger partial charge in [0.2, 0.25) is 0 Å². The highest BCUT2D eigenvalue weighted by atomic mass is 16.5. The average Bonchev–Trinajstić information content (AvgIpc) is 2.26. The van der Waals surface area contributed by atoms with E-state index < -0.39 is 0 Å². The van der Waals surface area contributed by atoms with E-state index in [0.29, 0.717) is 18.1 Å². The number of carbonyl (C=O) groups excluding carboxylic acids is 1. The third kappa shape index (κ3) is 4.89. The van der Waals surface area contributed by atoms with Crippen molar-refractivity contribution in [1.82, 2.24) is 0 Å². The molecule has 0 aliphatic rings. The topological polar surface area (TPSA) is 35.5 Å². The van der Waals surface area contributed by atoms with Gasteiger partial charge in [-0.3, -0.25) is 0 Å². The molecule has 1 rings (SSSR count). The maximum absolute atomic E-state index is 11.6. The monoisotopic (exact) mass is 236 g/mol. The van der Waals surface area contributed by atoms with E-state index in [4.69, 9.17) is 9.47 Å². The van der Waals surface area contributed by atoms with Gasteiger partial charge < -0.3 is 9.47 Å². The van der Waals surface area contributed by atoms with Crippen LogP contribution in [0.3, 0.4) is 0 Å². The Morgan fingerprint density at radius 1 is 1.12 bits per heavy atom. The van der Waals surface area contributed by atoms with Gasteiger partial charge in [-0.2, -0.15) is 0 Å². The van der Waals surface area contributed by atoms with E-state index in [-0.39, 0.29) is 12.1 Å². The largest absolute Gasteiger partial charge is 0.493 e. The normalized spacial score (nSPS) is 10.7. The molecule has 1 aromatic carbocycles. The maximum atomic E-state index is 11.6. The van der Waals surface area contributed by atoms with Crippen molar-refractivity contribution >= 4 is 5.97 Å². The molecule has 0 fully saturated rings. The summed E-state index contributed by atoms with van der Waals surface area (Å²) < 4.78 is 10.6. The van der Waals surface area contributed by atoms with E-state index in [1.54, 1.807) is 24.3 Å². The molecule has 0 aromatic heterocycles. The molecule has 0 unspecified atom stereocenters. The lowest BCUT2D eigenvalue weighted by Gasteiger charge is -2.10. The van der Waals surface area contributed by atoms with Gasteiger partial charge in [0, 0.05) is 0 Å². The molecule has 3 heteroatoms. The fraction of sp³-hybridized carbons (Fsp3) is 0.500. The summed E-state index contributed by atoms with van der Waals surface area (Å²) in [6, 6.07) is 7.03. The highest BCUT2D eigenvalue weighted by molar-refractivity contribution is 5.89. The van der Waals surface area contributed by atoms with Gasteiger partial charge in [-0.05, 0) is 44.0 Å². The second-order valence-corrected chi connectivity index (χ2v) is 4.68.